The third-order valence-corrected chi connectivity index (χ3v) is 8.33. The fourth-order valence-corrected chi connectivity index (χ4v) is 5.38. The number of quaternary nitrogens is 1. The van der Waals surface area contributed by atoms with Gasteiger partial charge in [-0.3, -0.25) is 4.57 Å². The zero-order valence-electron chi connectivity index (χ0n) is 23.8. The van der Waals surface area contributed by atoms with Crippen LogP contribution in [0.25, 0.3) is 0 Å². The molecule has 1 saturated heterocycles. The van der Waals surface area contributed by atoms with Gasteiger partial charge < -0.3 is 23.2 Å². The number of allylic oxidation sites excluding steroid dienone is 2. The number of nitrogens with zero attached hydrogens (tertiary/aromatic N) is 1. The Morgan fingerprint density at radius 2 is 1.17 bits per heavy atom. The maximum absolute atomic E-state index is 11.9. The molecule has 0 N–H and O–H groups in total. The highest BCUT2D eigenvalue weighted by molar-refractivity contribution is 7.45. The van der Waals surface area contributed by atoms with E-state index in [1.807, 2.05) is 0 Å². The van der Waals surface area contributed by atoms with Crippen molar-refractivity contribution in [3.8, 4) is 0 Å². The lowest BCUT2D eigenvalue weighted by Gasteiger charge is -2.37. The second-order valence-electron chi connectivity index (χ2n) is 10.9. The summed E-state index contributed by atoms with van der Waals surface area (Å²) in [5, 5.41) is 0. The normalized spacial score (nSPS) is 17.5. The molecule has 0 radical (unpaired) electrons. The summed E-state index contributed by atoms with van der Waals surface area (Å²) in [6.07, 6.45) is 27.7. The summed E-state index contributed by atoms with van der Waals surface area (Å²) in [4.78, 5) is 11.9. The van der Waals surface area contributed by atoms with E-state index in [0.717, 1.165) is 50.0 Å². The Morgan fingerprint density at radius 3 is 1.69 bits per heavy atom. The monoisotopic (exact) mass is 531 g/mol. The number of likely N-dealkylation sites (N-methyl/N-ethyl adjacent to an activating group) is 1. The highest BCUT2D eigenvalue weighted by Gasteiger charge is 2.25. The fraction of sp³-hybridized carbons (Fsp3) is 0.931. The SMILES string of the molecule is CCCCCCCC/C=C\CCCCCCCCCCCCOP(=O)([O-])OCC[N+]1(C)CCOCC1. The first kappa shape index (κ1) is 33.8. The predicted molar refractivity (Wildman–Crippen MR) is 149 cm³/mol. The molecule has 0 aromatic carbocycles. The number of hydrogen-bond acceptors (Lipinski definition) is 5. The Bertz CT molecular complexity index is 566. The zero-order valence-corrected chi connectivity index (χ0v) is 24.7. The van der Waals surface area contributed by atoms with Gasteiger partial charge in [-0.25, -0.2) is 0 Å². The van der Waals surface area contributed by atoms with E-state index in [4.69, 9.17) is 13.8 Å². The van der Waals surface area contributed by atoms with Crippen molar-refractivity contribution in [1.29, 1.82) is 0 Å². The van der Waals surface area contributed by atoms with Crippen LogP contribution >= 0.6 is 7.82 Å². The van der Waals surface area contributed by atoms with Crippen molar-refractivity contribution in [3.63, 3.8) is 0 Å². The average molecular weight is 532 g/mol. The van der Waals surface area contributed by atoms with Crippen molar-refractivity contribution in [3.05, 3.63) is 12.2 Å². The molecule has 0 bridgehead atoms. The Balaban J connectivity index is 1.80. The highest BCUT2D eigenvalue weighted by Crippen LogP contribution is 2.38. The first-order valence-electron chi connectivity index (χ1n) is 15.1. The second-order valence-corrected chi connectivity index (χ2v) is 12.3. The van der Waals surface area contributed by atoms with Crippen LogP contribution in [0.4, 0.5) is 0 Å². The summed E-state index contributed by atoms with van der Waals surface area (Å²) >= 11 is 0. The summed E-state index contributed by atoms with van der Waals surface area (Å²) < 4.78 is 28.2. The minimum atomic E-state index is -4.18. The number of unbranched alkanes of at least 4 members (excludes halogenated alkanes) is 16. The Labute approximate surface area is 223 Å². The van der Waals surface area contributed by atoms with Gasteiger partial charge in [-0.1, -0.05) is 103 Å². The summed E-state index contributed by atoms with van der Waals surface area (Å²) in [5.74, 6) is 0. The van der Waals surface area contributed by atoms with Gasteiger partial charge in [-0.05, 0) is 32.1 Å². The van der Waals surface area contributed by atoms with Crippen LogP contribution in [0.3, 0.4) is 0 Å². The summed E-state index contributed by atoms with van der Waals surface area (Å²) in [6.45, 7) is 6.57. The zero-order chi connectivity index (χ0) is 26.2. The average Bonchev–Trinajstić information content (AvgIpc) is 2.85. The van der Waals surface area contributed by atoms with Crippen LogP contribution < -0.4 is 4.89 Å². The van der Waals surface area contributed by atoms with E-state index >= 15 is 0 Å². The van der Waals surface area contributed by atoms with Crippen LogP contribution in [0.5, 0.6) is 0 Å². The van der Waals surface area contributed by atoms with Crippen molar-refractivity contribution in [2.75, 3.05) is 53.1 Å². The molecule has 6 nitrogen and oxygen atoms in total. The number of phosphoric acid groups is 1. The third kappa shape index (κ3) is 20.8. The minimum Gasteiger partial charge on any atom is -0.756 e. The molecule has 1 heterocycles. The molecule has 214 valence electrons. The Hall–Kier alpha value is -0.230. The fourth-order valence-electron chi connectivity index (χ4n) is 4.65. The van der Waals surface area contributed by atoms with Gasteiger partial charge in [0.15, 0.2) is 0 Å². The third-order valence-electron chi connectivity index (χ3n) is 7.34. The molecule has 1 unspecified atom stereocenters. The molecule has 0 aromatic rings. The van der Waals surface area contributed by atoms with E-state index in [2.05, 4.69) is 26.1 Å². The van der Waals surface area contributed by atoms with Gasteiger partial charge in [-0.2, -0.15) is 0 Å². The van der Waals surface area contributed by atoms with E-state index in [1.165, 1.54) is 96.3 Å². The Morgan fingerprint density at radius 1 is 0.722 bits per heavy atom. The summed E-state index contributed by atoms with van der Waals surface area (Å²) in [6, 6.07) is 0. The molecule has 1 rings (SSSR count). The topological polar surface area (TPSA) is 67.8 Å². The number of hydrogen-bond donors (Lipinski definition) is 0. The first-order chi connectivity index (χ1) is 17.5. The van der Waals surface area contributed by atoms with Gasteiger partial charge in [0.2, 0.25) is 0 Å². The molecule has 0 amide bonds. The van der Waals surface area contributed by atoms with E-state index in [-0.39, 0.29) is 13.2 Å². The maximum Gasteiger partial charge on any atom is 0.268 e. The van der Waals surface area contributed by atoms with Crippen molar-refractivity contribution in [2.24, 2.45) is 0 Å². The number of ether oxygens (including phenoxy) is 1. The van der Waals surface area contributed by atoms with Gasteiger partial charge in [-0.15, -0.1) is 0 Å². The lowest BCUT2D eigenvalue weighted by Crippen LogP contribution is -2.53. The lowest BCUT2D eigenvalue weighted by atomic mass is 10.1. The van der Waals surface area contributed by atoms with Gasteiger partial charge >= 0.3 is 0 Å². The molecule has 7 heteroatoms. The van der Waals surface area contributed by atoms with Crippen LogP contribution in [0.15, 0.2) is 12.2 Å². The molecule has 0 aliphatic carbocycles. The largest absolute Gasteiger partial charge is 0.756 e. The van der Waals surface area contributed by atoms with Crippen LogP contribution in [0.1, 0.15) is 122 Å². The van der Waals surface area contributed by atoms with Crippen molar-refractivity contribution in [1.82, 2.24) is 0 Å². The van der Waals surface area contributed by atoms with Gasteiger partial charge in [0.05, 0.1) is 26.9 Å². The molecule has 1 atom stereocenters. The molecule has 36 heavy (non-hydrogen) atoms. The van der Waals surface area contributed by atoms with Gasteiger partial charge in [0.25, 0.3) is 7.82 Å². The van der Waals surface area contributed by atoms with Crippen LogP contribution in [-0.4, -0.2) is 57.6 Å². The van der Waals surface area contributed by atoms with Crippen LogP contribution in [0.2, 0.25) is 0 Å². The molecule has 1 fully saturated rings. The van der Waals surface area contributed by atoms with E-state index < -0.39 is 7.82 Å². The summed E-state index contributed by atoms with van der Waals surface area (Å²) in [7, 11) is -2.07. The summed E-state index contributed by atoms with van der Waals surface area (Å²) in [5.41, 5.74) is 0. The minimum absolute atomic E-state index is 0.174. The van der Waals surface area contributed by atoms with Crippen molar-refractivity contribution < 1.29 is 27.7 Å². The molecule has 1 aliphatic heterocycles. The molecule has 0 aromatic heterocycles. The molecule has 0 spiro atoms. The smallest absolute Gasteiger partial charge is 0.268 e. The van der Waals surface area contributed by atoms with Crippen LogP contribution in [0, 0.1) is 0 Å². The lowest BCUT2D eigenvalue weighted by molar-refractivity contribution is -0.916. The van der Waals surface area contributed by atoms with E-state index in [1.54, 1.807) is 0 Å². The van der Waals surface area contributed by atoms with Gasteiger partial charge in [0, 0.05) is 0 Å². The number of morpholine rings is 1. The maximum atomic E-state index is 11.9. The molecular weight excluding hydrogens is 473 g/mol. The Kier molecular flexibility index (Phi) is 21.3. The van der Waals surface area contributed by atoms with Crippen molar-refractivity contribution >= 4 is 7.82 Å². The predicted octanol–water partition coefficient (Wildman–Crippen LogP) is 7.56. The molecule has 0 saturated carbocycles. The van der Waals surface area contributed by atoms with Crippen molar-refractivity contribution in [2.45, 2.75) is 122 Å². The molecule has 1 aliphatic rings. The highest BCUT2D eigenvalue weighted by atomic mass is 31.2. The molecular formula is C29H58NO5P. The van der Waals surface area contributed by atoms with E-state index in [9.17, 15) is 9.46 Å². The van der Waals surface area contributed by atoms with E-state index in [0.29, 0.717) is 6.54 Å². The second kappa shape index (κ2) is 22.7. The quantitative estimate of drug-likeness (QED) is 0.0526. The first-order valence-corrected chi connectivity index (χ1v) is 16.6. The van der Waals surface area contributed by atoms with Crippen LogP contribution in [-0.2, 0) is 18.3 Å². The standard InChI is InChI=1S/C29H58NO5P/c1-3-4-5-6-7-8-9-10-11-12-13-14-15-16-17-18-19-20-21-22-26-34-36(31,32)35-29-25-30(2)23-27-33-28-24-30/h10-11H,3-9,12-29H2,1-2H3/b11-10-. The van der Waals surface area contributed by atoms with Gasteiger partial charge in [0.1, 0.15) is 26.2 Å². The number of phosphoric ester groups is 1. The number of rotatable bonds is 25.